The lowest BCUT2D eigenvalue weighted by atomic mass is 10.1. The van der Waals surface area contributed by atoms with E-state index in [9.17, 15) is 9.59 Å². The Labute approximate surface area is 171 Å². The number of nitrogens with zero attached hydrogens (tertiary/aromatic N) is 2. The summed E-state index contributed by atoms with van der Waals surface area (Å²) in [5.41, 5.74) is 2.66. The van der Waals surface area contributed by atoms with Crippen LogP contribution in [0.3, 0.4) is 0 Å². The van der Waals surface area contributed by atoms with Crippen molar-refractivity contribution >= 4 is 23.2 Å². The van der Waals surface area contributed by atoms with Gasteiger partial charge in [-0.15, -0.1) is 0 Å². The number of carbonyl (C=O) groups excluding carboxylic acids is 2. The molecule has 2 amide bonds. The molecule has 0 aromatic heterocycles. The van der Waals surface area contributed by atoms with Crippen molar-refractivity contribution in [1.82, 2.24) is 4.90 Å². The maximum atomic E-state index is 13.0. The van der Waals surface area contributed by atoms with E-state index in [1.54, 1.807) is 0 Å². The number of hydrogen-bond donors (Lipinski definition) is 1. The van der Waals surface area contributed by atoms with Gasteiger partial charge in [0.05, 0.1) is 18.8 Å². The van der Waals surface area contributed by atoms with Gasteiger partial charge in [0.25, 0.3) is 5.91 Å². The second kappa shape index (κ2) is 8.55. The molecule has 2 aromatic rings. The van der Waals surface area contributed by atoms with E-state index >= 15 is 0 Å². The van der Waals surface area contributed by atoms with Crippen molar-refractivity contribution in [3.8, 4) is 5.75 Å². The molecule has 0 spiro atoms. The van der Waals surface area contributed by atoms with Gasteiger partial charge in [-0.1, -0.05) is 30.3 Å². The van der Waals surface area contributed by atoms with Crippen LogP contribution < -0.4 is 15.0 Å². The van der Waals surface area contributed by atoms with E-state index in [1.165, 1.54) is 6.42 Å². The van der Waals surface area contributed by atoms with Gasteiger partial charge in [0.2, 0.25) is 5.91 Å². The Morgan fingerprint density at radius 1 is 1.03 bits per heavy atom. The molecule has 2 aliphatic heterocycles. The van der Waals surface area contributed by atoms with Crippen LogP contribution >= 0.6 is 0 Å². The highest BCUT2D eigenvalue weighted by Gasteiger charge is 2.34. The summed E-state index contributed by atoms with van der Waals surface area (Å²) >= 11 is 0. The van der Waals surface area contributed by atoms with Gasteiger partial charge < -0.3 is 19.9 Å². The number of likely N-dealkylation sites (tertiary alicyclic amines) is 1. The van der Waals surface area contributed by atoms with Gasteiger partial charge >= 0.3 is 0 Å². The van der Waals surface area contributed by atoms with Gasteiger partial charge in [-0.2, -0.15) is 0 Å². The average Bonchev–Trinajstić information content (AvgIpc) is 2.75. The second-order valence-corrected chi connectivity index (χ2v) is 7.70. The predicted molar refractivity (Wildman–Crippen MR) is 113 cm³/mol. The van der Waals surface area contributed by atoms with Crippen molar-refractivity contribution in [2.45, 2.75) is 32.3 Å². The number of ether oxygens (including phenoxy) is 1. The number of fused-ring (bicyclic) bond motifs is 1. The van der Waals surface area contributed by atoms with Crippen molar-refractivity contribution in [2.75, 3.05) is 36.4 Å². The highest BCUT2D eigenvalue weighted by Crippen LogP contribution is 2.33. The van der Waals surface area contributed by atoms with Crippen molar-refractivity contribution in [2.24, 2.45) is 0 Å². The molecule has 152 valence electrons. The molecule has 1 N–H and O–H groups in total. The van der Waals surface area contributed by atoms with Crippen molar-refractivity contribution in [3.63, 3.8) is 0 Å². The zero-order valence-electron chi connectivity index (χ0n) is 16.8. The van der Waals surface area contributed by atoms with Gasteiger partial charge in [0.15, 0.2) is 6.10 Å². The Morgan fingerprint density at radius 3 is 2.55 bits per heavy atom. The number of aryl methyl sites for hydroxylation is 1. The van der Waals surface area contributed by atoms with E-state index in [-0.39, 0.29) is 18.4 Å². The number of piperidine rings is 1. The van der Waals surface area contributed by atoms with Crippen LogP contribution in [0.5, 0.6) is 5.75 Å². The Hall–Kier alpha value is -3.02. The summed E-state index contributed by atoms with van der Waals surface area (Å²) in [5.74, 6) is 0.557. The lowest BCUT2D eigenvalue weighted by Gasteiger charge is -2.38. The minimum Gasteiger partial charge on any atom is -0.477 e. The number of carbonyl (C=O) groups is 2. The number of amides is 2. The summed E-state index contributed by atoms with van der Waals surface area (Å²) in [6.07, 6.45) is 2.66. The molecule has 0 bridgehead atoms. The maximum absolute atomic E-state index is 13.0. The van der Waals surface area contributed by atoms with E-state index < -0.39 is 6.10 Å². The number of nitrogens with one attached hydrogen (secondary N) is 1. The summed E-state index contributed by atoms with van der Waals surface area (Å²) in [7, 11) is 0. The smallest absolute Gasteiger partial charge is 0.265 e. The normalized spacial score (nSPS) is 18.6. The molecule has 0 radical (unpaired) electrons. The van der Waals surface area contributed by atoms with Crippen LogP contribution in [0.1, 0.15) is 24.8 Å². The summed E-state index contributed by atoms with van der Waals surface area (Å²) in [6.45, 7) is 4.07. The van der Waals surface area contributed by atoms with Crippen molar-refractivity contribution < 1.29 is 14.3 Å². The van der Waals surface area contributed by atoms with E-state index in [0.717, 1.165) is 42.9 Å². The highest BCUT2D eigenvalue weighted by molar-refractivity contribution is 5.95. The standard InChI is InChI=1S/C23H27N3O3/c1-17-9-3-4-10-18(17)24-22(27)16-26-15-21(23(28)25-13-7-2-8-14-25)29-20-12-6-5-11-19(20)26/h3-6,9-12,21H,2,7-8,13-16H2,1H3,(H,24,27)/t21-/m1/s1. The van der Waals surface area contributed by atoms with Crippen LogP contribution in [0.25, 0.3) is 0 Å². The zero-order valence-corrected chi connectivity index (χ0v) is 16.8. The minimum atomic E-state index is -0.589. The van der Waals surface area contributed by atoms with Crippen LogP contribution in [0.15, 0.2) is 48.5 Å². The molecule has 2 heterocycles. The van der Waals surface area contributed by atoms with Crippen LogP contribution in [-0.4, -0.2) is 49.0 Å². The molecule has 0 unspecified atom stereocenters. The van der Waals surface area contributed by atoms with Crippen LogP contribution in [0, 0.1) is 6.92 Å². The third kappa shape index (κ3) is 4.36. The molecule has 6 nitrogen and oxygen atoms in total. The SMILES string of the molecule is Cc1ccccc1NC(=O)CN1C[C@H](C(=O)N2CCCCC2)Oc2ccccc21. The molecular weight excluding hydrogens is 366 g/mol. The molecular formula is C23H27N3O3. The Morgan fingerprint density at radius 2 is 1.76 bits per heavy atom. The fraction of sp³-hybridized carbons (Fsp3) is 0.391. The second-order valence-electron chi connectivity index (χ2n) is 7.70. The lowest BCUT2D eigenvalue weighted by Crippen LogP contribution is -2.52. The monoisotopic (exact) mass is 393 g/mol. The molecule has 6 heteroatoms. The number of rotatable bonds is 4. The van der Waals surface area contributed by atoms with Gasteiger partial charge in [-0.3, -0.25) is 9.59 Å². The predicted octanol–water partition coefficient (Wildman–Crippen LogP) is 3.21. The molecule has 1 atom stereocenters. The fourth-order valence-corrected chi connectivity index (χ4v) is 3.98. The topological polar surface area (TPSA) is 61.9 Å². The molecule has 2 aromatic carbocycles. The first-order chi connectivity index (χ1) is 14.1. The molecule has 1 saturated heterocycles. The summed E-state index contributed by atoms with van der Waals surface area (Å²) < 4.78 is 6.03. The van der Waals surface area contributed by atoms with Crippen LogP contribution in [0.4, 0.5) is 11.4 Å². The van der Waals surface area contributed by atoms with Crippen molar-refractivity contribution in [3.05, 3.63) is 54.1 Å². The first-order valence-corrected chi connectivity index (χ1v) is 10.3. The first-order valence-electron chi connectivity index (χ1n) is 10.3. The van der Waals surface area contributed by atoms with E-state index in [2.05, 4.69) is 5.32 Å². The number of hydrogen-bond acceptors (Lipinski definition) is 4. The van der Waals surface area contributed by atoms with Gasteiger partial charge in [0.1, 0.15) is 5.75 Å². The molecule has 0 aliphatic carbocycles. The van der Waals surface area contributed by atoms with Crippen LogP contribution in [-0.2, 0) is 9.59 Å². The quantitative estimate of drug-likeness (QED) is 0.867. The average molecular weight is 393 g/mol. The molecule has 2 aliphatic rings. The molecule has 29 heavy (non-hydrogen) atoms. The summed E-state index contributed by atoms with van der Waals surface area (Å²) in [4.78, 5) is 29.6. The number of benzene rings is 2. The van der Waals surface area contributed by atoms with Crippen LogP contribution in [0.2, 0.25) is 0 Å². The maximum Gasteiger partial charge on any atom is 0.265 e. The zero-order chi connectivity index (χ0) is 20.2. The third-order valence-corrected chi connectivity index (χ3v) is 5.56. The van der Waals surface area contributed by atoms with E-state index in [4.69, 9.17) is 4.74 Å². The molecule has 4 rings (SSSR count). The van der Waals surface area contributed by atoms with Gasteiger partial charge in [-0.05, 0) is 49.9 Å². The van der Waals surface area contributed by atoms with E-state index in [0.29, 0.717) is 12.3 Å². The Bertz CT molecular complexity index is 892. The molecule has 1 fully saturated rings. The number of anilines is 2. The number of para-hydroxylation sites is 3. The lowest BCUT2D eigenvalue weighted by molar-refractivity contribution is -0.139. The Kier molecular flexibility index (Phi) is 5.69. The highest BCUT2D eigenvalue weighted by atomic mass is 16.5. The van der Waals surface area contributed by atoms with Crippen molar-refractivity contribution in [1.29, 1.82) is 0 Å². The van der Waals surface area contributed by atoms with Gasteiger partial charge in [0, 0.05) is 18.8 Å². The summed E-state index contributed by atoms with van der Waals surface area (Å²) in [5, 5.41) is 2.98. The fourth-order valence-electron chi connectivity index (χ4n) is 3.98. The largest absolute Gasteiger partial charge is 0.477 e. The first kappa shape index (κ1) is 19.3. The van der Waals surface area contributed by atoms with E-state index in [1.807, 2.05) is 65.3 Å². The van der Waals surface area contributed by atoms with Gasteiger partial charge in [-0.25, -0.2) is 0 Å². The summed E-state index contributed by atoms with van der Waals surface area (Å²) in [6, 6.07) is 15.3. The Balaban J connectivity index is 1.49. The minimum absolute atomic E-state index is 0.0171. The third-order valence-electron chi connectivity index (χ3n) is 5.56. The molecule has 0 saturated carbocycles.